The van der Waals surface area contributed by atoms with Crippen LogP contribution in [0.5, 0.6) is 5.75 Å². The molecule has 0 unspecified atom stereocenters. The second kappa shape index (κ2) is 6.77. The summed E-state index contributed by atoms with van der Waals surface area (Å²) in [4.78, 5) is 23.9. The van der Waals surface area contributed by atoms with E-state index in [1.807, 2.05) is 37.1 Å². The van der Waals surface area contributed by atoms with E-state index in [4.69, 9.17) is 0 Å². The largest absolute Gasteiger partial charge is 0.573 e. The van der Waals surface area contributed by atoms with Crippen molar-refractivity contribution in [3.8, 4) is 5.75 Å². The first-order valence-electron chi connectivity index (χ1n) is 8.99. The second-order valence-corrected chi connectivity index (χ2v) is 7.38. The maximum absolute atomic E-state index is 13.0. The number of halogens is 3. The maximum atomic E-state index is 13.0. The van der Waals surface area contributed by atoms with Crippen LogP contribution in [0.2, 0.25) is 0 Å². The third kappa shape index (κ3) is 3.65. The molecule has 0 atom stereocenters. The number of anilines is 1. The van der Waals surface area contributed by atoms with Crippen LogP contribution in [0.15, 0.2) is 48.8 Å². The summed E-state index contributed by atoms with van der Waals surface area (Å²) < 4.78 is 41.0. The number of benzene rings is 1. The molecule has 1 aliphatic heterocycles. The van der Waals surface area contributed by atoms with Crippen LogP contribution in [-0.4, -0.2) is 39.3 Å². The van der Waals surface area contributed by atoms with Gasteiger partial charge in [0, 0.05) is 30.0 Å². The van der Waals surface area contributed by atoms with Crippen LogP contribution in [0.3, 0.4) is 0 Å². The van der Waals surface area contributed by atoms with Gasteiger partial charge in [-0.05, 0) is 55.8 Å². The Labute approximate surface area is 164 Å². The number of pyridine rings is 1. The zero-order valence-corrected chi connectivity index (χ0v) is 15.8. The number of alkyl halides is 3. The van der Waals surface area contributed by atoms with Crippen molar-refractivity contribution in [3.63, 3.8) is 0 Å². The zero-order chi connectivity index (χ0) is 20.8. The van der Waals surface area contributed by atoms with Gasteiger partial charge in [-0.3, -0.25) is 14.6 Å². The molecule has 1 saturated heterocycles. The number of fused-ring (bicyclic) bond motifs is 1. The summed E-state index contributed by atoms with van der Waals surface area (Å²) in [5.74, 6) is -0.447. The van der Waals surface area contributed by atoms with Crippen LogP contribution < -0.4 is 9.64 Å². The van der Waals surface area contributed by atoms with Crippen molar-refractivity contribution in [2.45, 2.75) is 32.3 Å². The van der Waals surface area contributed by atoms with Crippen molar-refractivity contribution in [3.05, 3.63) is 54.4 Å². The number of ether oxygens (including phenoxy) is 1. The Balaban J connectivity index is 1.56. The quantitative estimate of drug-likeness (QED) is 0.713. The number of nitrogens with zero attached hydrogens (tertiary/aromatic N) is 3. The Hall–Kier alpha value is -3.07. The summed E-state index contributed by atoms with van der Waals surface area (Å²) in [6.07, 6.45) is -1.22. The molecule has 3 heterocycles. The van der Waals surface area contributed by atoms with Gasteiger partial charge in [0.2, 0.25) is 5.91 Å². The molecular formula is C20H19F3N4O2. The van der Waals surface area contributed by atoms with Gasteiger partial charge < -0.3 is 9.72 Å². The number of rotatable bonds is 4. The fraction of sp³-hybridized carbons (Fsp3) is 0.300. The third-order valence-corrected chi connectivity index (χ3v) is 5.16. The molecule has 1 N–H and O–H groups in total. The molecule has 1 amide bonds. The van der Waals surface area contributed by atoms with Gasteiger partial charge in [0.15, 0.2) is 0 Å². The zero-order valence-electron chi connectivity index (χ0n) is 15.8. The Bertz CT molecular complexity index is 1040. The molecule has 0 spiro atoms. The normalized spacial score (nSPS) is 17.3. The number of hydrogen-bond acceptors (Lipinski definition) is 4. The number of carbonyl (C=O) groups excluding carboxylic acids is 1. The summed E-state index contributed by atoms with van der Waals surface area (Å²) in [7, 11) is 0. The minimum atomic E-state index is -4.75. The van der Waals surface area contributed by atoms with Gasteiger partial charge >= 0.3 is 6.36 Å². The lowest BCUT2D eigenvalue weighted by Crippen LogP contribution is -2.43. The molecule has 9 heteroatoms. The standard InChI is InChI=1S/C20H19F3N4O2/c1-19(2)18(28)27(14-3-5-15(6-4-14)29-20(21,22)23)12-26(19)11-13-7-9-24-17-16(13)8-10-25-17/h3-10H,11-12H2,1-2H3,(H,24,25). The molecule has 1 fully saturated rings. The molecule has 4 rings (SSSR count). The molecule has 1 aromatic carbocycles. The number of nitrogens with one attached hydrogen (secondary N) is 1. The SMILES string of the molecule is CC1(C)C(=O)N(c2ccc(OC(F)(F)F)cc2)CN1Cc1ccnc2[nH]ccc12. The average Bonchev–Trinajstić information content (AvgIpc) is 3.21. The van der Waals surface area contributed by atoms with E-state index in [0.717, 1.165) is 16.6 Å². The maximum Gasteiger partial charge on any atom is 0.573 e. The number of aromatic amines is 1. The number of H-pyrrole nitrogens is 1. The second-order valence-electron chi connectivity index (χ2n) is 7.38. The molecule has 0 bridgehead atoms. The topological polar surface area (TPSA) is 61.5 Å². The van der Waals surface area contributed by atoms with Crippen LogP contribution >= 0.6 is 0 Å². The minimum Gasteiger partial charge on any atom is -0.406 e. The number of aromatic nitrogens is 2. The van der Waals surface area contributed by atoms with Crippen LogP contribution in [0, 0.1) is 0 Å². The molecule has 1 aliphatic rings. The summed E-state index contributed by atoms with van der Waals surface area (Å²) in [6.45, 7) is 4.53. The van der Waals surface area contributed by atoms with Crippen LogP contribution in [0.1, 0.15) is 19.4 Å². The monoisotopic (exact) mass is 404 g/mol. The van der Waals surface area contributed by atoms with E-state index in [9.17, 15) is 18.0 Å². The lowest BCUT2D eigenvalue weighted by Gasteiger charge is -2.27. The first-order chi connectivity index (χ1) is 13.6. The van der Waals surface area contributed by atoms with Gasteiger partial charge in [-0.15, -0.1) is 13.2 Å². The lowest BCUT2D eigenvalue weighted by atomic mass is 10.0. The first-order valence-corrected chi connectivity index (χ1v) is 8.99. The van der Waals surface area contributed by atoms with Crippen molar-refractivity contribution in [1.82, 2.24) is 14.9 Å². The fourth-order valence-electron chi connectivity index (χ4n) is 3.51. The molecular weight excluding hydrogens is 385 g/mol. The van der Waals surface area contributed by atoms with E-state index in [2.05, 4.69) is 14.7 Å². The van der Waals surface area contributed by atoms with Gasteiger partial charge in [-0.1, -0.05) is 0 Å². The molecule has 152 valence electrons. The molecule has 3 aromatic rings. The van der Waals surface area contributed by atoms with E-state index in [1.54, 1.807) is 11.1 Å². The van der Waals surface area contributed by atoms with E-state index in [0.29, 0.717) is 18.9 Å². The average molecular weight is 404 g/mol. The molecule has 6 nitrogen and oxygen atoms in total. The van der Waals surface area contributed by atoms with Gasteiger partial charge in [-0.2, -0.15) is 0 Å². The van der Waals surface area contributed by atoms with E-state index >= 15 is 0 Å². The van der Waals surface area contributed by atoms with Gasteiger partial charge in [-0.25, -0.2) is 4.98 Å². The summed E-state index contributed by atoms with van der Waals surface area (Å²) in [5.41, 5.74) is 1.56. The van der Waals surface area contributed by atoms with Crippen LogP contribution in [0.25, 0.3) is 11.0 Å². The number of carbonyl (C=O) groups is 1. The van der Waals surface area contributed by atoms with E-state index in [-0.39, 0.29) is 11.7 Å². The molecule has 0 radical (unpaired) electrons. The van der Waals surface area contributed by atoms with Crippen molar-refractivity contribution in [2.24, 2.45) is 0 Å². The highest BCUT2D eigenvalue weighted by Crippen LogP contribution is 2.33. The Morgan fingerprint density at radius 3 is 2.59 bits per heavy atom. The molecule has 29 heavy (non-hydrogen) atoms. The lowest BCUT2D eigenvalue weighted by molar-refractivity contribution is -0.274. The van der Waals surface area contributed by atoms with Gasteiger partial charge in [0.1, 0.15) is 11.4 Å². The van der Waals surface area contributed by atoms with Crippen molar-refractivity contribution < 1.29 is 22.7 Å². The predicted molar refractivity (Wildman–Crippen MR) is 101 cm³/mol. The Kier molecular flexibility index (Phi) is 4.49. The number of amides is 1. The van der Waals surface area contributed by atoms with E-state index < -0.39 is 11.9 Å². The van der Waals surface area contributed by atoms with Crippen LogP contribution in [0.4, 0.5) is 18.9 Å². The van der Waals surface area contributed by atoms with Gasteiger partial charge in [0.05, 0.1) is 12.2 Å². The Morgan fingerprint density at radius 2 is 1.90 bits per heavy atom. The third-order valence-electron chi connectivity index (χ3n) is 5.16. The molecule has 0 aliphatic carbocycles. The fourth-order valence-corrected chi connectivity index (χ4v) is 3.51. The highest BCUT2D eigenvalue weighted by atomic mass is 19.4. The summed E-state index contributed by atoms with van der Waals surface area (Å²) in [6, 6.07) is 9.18. The smallest absolute Gasteiger partial charge is 0.406 e. The highest BCUT2D eigenvalue weighted by molar-refractivity contribution is 6.01. The summed E-state index contributed by atoms with van der Waals surface area (Å²) in [5, 5.41) is 0.989. The highest BCUT2D eigenvalue weighted by Gasteiger charge is 2.45. The molecule has 0 saturated carbocycles. The minimum absolute atomic E-state index is 0.124. The van der Waals surface area contributed by atoms with E-state index in [1.165, 1.54) is 24.3 Å². The van der Waals surface area contributed by atoms with Crippen molar-refractivity contribution in [1.29, 1.82) is 0 Å². The van der Waals surface area contributed by atoms with Crippen molar-refractivity contribution in [2.75, 3.05) is 11.6 Å². The Morgan fingerprint density at radius 1 is 1.17 bits per heavy atom. The summed E-state index contributed by atoms with van der Waals surface area (Å²) >= 11 is 0. The van der Waals surface area contributed by atoms with Crippen molar-refractivity contribution >= 4 is 22.6 Å². The van der Waals surface area contributed by atoms with Crippen LogP contribution in [-0.2, 0) is 11.3 Å². The number of hydrogen-bond donors (Lipinski definition) is 1. The predicted octanol–water partition coefficient (Wildman–Crippen LogP) is 4.05. The van der Waals surface area contributed by atoms with Gasteiger partial charge in [0.25, 0.3) is 0 Å². The first kappa shape index (κ1) is 19.3. The molecule has 2 aromatic heterocycles.